The van der Waals surface area contributed by atoms with Crippen molar-refractivity contribution >= 4 is 5.57 Å². The maximum atomic E-state index is 12.9. The van der Waals surface area contributed by atoms with Crippen LogP contribution in [0.5, 0.6) is 0 Å². The summed E-state index contributed by atoms with van der Waals surface area (Å²) in [5.41, 5.74) is 6.46. The Labute approximate surface area is 195 Å². The van der Waals surface area contributed by atoms with E-state index in [-0.39, 0.29) is 5.56 Å². The topological polar surface area (TPSA) is 59.8 Å². The second-order valence-electron chi connectivity index (χ2n) is 9.10. The van der Waals surface area contributed by atoms with Crippen LogP contribution in [-0.2, 0) is 6.18 Å². The average Bonchev–Trinajstić information content (AvgIpc) is 3.13. The van der Waals surface area contributed by atoms with Gasteiger partial charge in [-0.2, -0.15) is 13.2 Å². The van der Waals surface area contributed by atoms with Crippen LogP contribution in [0.25, 0.3) is 22.4 Å². The molecule has 1 fully saturated rings. The lowest BCUT2D eigenvalue weighted by atomic mass is 9.83. The van der Waals surface area contributed by atoms with Gasteiger partial charge in [-0.05, 0) is 73.1 Å². The van der Waals surface area contributed by atoms with E-state index in [2.05, 4.69) is 35.2 Å². The zero-order chi connectivity index (χ0) is 24.0. The molecule has 2 atom stereocenters. The molecule has 5 nitrogen and oxygen atoms in total. The lowest BCUT2D eigenvalue weighted by Crippen LogP contribution is -2.37. The standard InChI is InChI=1S/C26H25F3N4O/c1-15-10-20(6-7-21(15)24-16(2)18-4-3-5-22(24)30-12-18)33-9-8-17(11-23(33)34)19-13-31-25(32-14-19)26(27,28)29/h6-11,13-14,18,22,30H,3-5,12H2,1-2H3. The van der Waals surface area contributed by atoms with Gasteiger partial charge < -0.3 is 5.32 Å². The van der Waals surface area contributed by atoms with Crippen LogP contribution in [0, 0.1) is 12.8 Å². The number of rotatable bonds is 3. The average molecular weight is 467 g/mol. The third kappa shape index (κ3) is 4.07. The summed E-state index contributed by atoms with van der Waals surface area (Å²) in [6, 6.07) is 9.49. The number of aryl methyl sites for hydroxylation is 1. The zero-order valence-corrected chi connectivity index (χ0v) is 19.0. The molecule has 4 heterocycles. The number of hydrogen-bond acceptors (Lipinski definition) is 4. The number of nitrogens with zero attached hydrogens (tertiary/aromatic N) is 3. The molecule has 3 aromatic rings. The van der Waals surface area contributed by atoms with Crippen LogP contribution in [-0.4, -0.2) is 27.1 Å². The Kier molecular flexibility index (Phi) is 5.64. The van der Waals surface area contributed by atoms with E-state index < -0.39 is 12.0 Å². The van der Waals surface area contributed by atoms with E-state index in [4.69, 9.17) is 0 Å². The quantitative estimate of drug-likeness (QED) is 0.579. The van der Waals surface area contributed by atoms with E-state index in [1.165, 1.54) is 40.2 Å². The van der Waals surface area contributed by atoms with Gasteiger partial charge in [0, 0.05) is 48.5 Å². The highest BCUT2D eigenvalue weighted by Crippen LogP contribution is 2.39. The molecule has 0 radical (unpaired) electrons. The molecule has 1 aromatic carbocycles. The lowest BCUT2D eigenvalue weighted by Gasteiger charge is -2.31. The van der Waals surface area contributed by atoms with Gasteiger partial charge in [0.2, 0.25) is 5.82 Å². The van der Waals surface area contributed by atoms with Crippen LogP contribution < -0.4 is 10.9 Å². The van der Waals surface area contributed by atoms with Gasteiger partial charge in [0.15, 0.2) is 0 Å². The van der Waals surface area contributed by atoms with Crippen molar-refractivity contribution in [3.05, 3.63) is 81.8 Å². The number of pyridine rings is 1. The summed E-state index contributed by atoms with van der Waals surface area (Å²) in [4.78, 5) is 19.6. The van der Waals surface area contributed by atoms with Crippen LogP contribution in [0.2, 0.25) is 0 Å². The molecule has 1 N–H and O–H groups in total. The minimum absolute atomic E-state index is 0.282. The van der Waals surface area contributed by atoms with Crippen LogP contribution in [0.1, 0.15) is 43.1 Å². The number of halogens is 3. The van der Waals surface area contributed by atoms with Crippen molar-refractivity contribution in [2.45, 2.75) is 45.3 Å². The smallest absolute Gasteiger partial charge is 0.309 e. The molecule has 3 aliphatic rings. The maximum absolute atomic E-state index is 12.9. The maximum Gasteiger partial charge on any atom is 0.451 e. The summed E-state index contributed by atoms with van der Waals surface area (Å²) >= 11 is 0. The third-order valence-electron chi connectivity index (χ3n) is 6.98. The van der Waals surface area contributed by atoms with Crippen molar-refractivity contribution in [3.63, 3.8) is 0 Å². The third-order valence-corrected chi connectivity index (χ3v) is 6.98. The molecule has 8 heteroatoms. The van der Waals surface area contributed by atoms with Crippen molar-refractivity contribution < 1.29 is 13.2 Å². The first kappa shape index (κ1) is 22.5. The lowest BCUT2D eigenvalue weighted by molar-refractivity contribution is -0.144. The monoisotopic (exact) mass is 466 g/mol. The Hall–Kier alpha value is -3.26. The summed E-state index contributed by atoms with van der Waals surface area (Å²) in [5, 5.41) is 3.69. The molecule has 2 aliphatic heterocycles. The van der Waals surface area contributed by atoms with Gasteiger partial charge in [-0.15, -0.1) is 0 Å². The fourth-order valence-corrected chi connectivity index (χ4v) is 5.16. The Morgan fingerprint density at radius 1 is 1.03 bits per heavy atom. The number of nitrogens with one attached hydrogen (secondary N) is 1. The number of hydrogen-bond donors (Lipinski definition) is 1. The molecule has 1 saturated heterocycles. The van der Waals surface area contributed by atoms with E-state index in [0.29, 0.717) is 23.1 Å². The zero-order valence-electron chi connectivity index (χ0n) is 19.0. The molecule has 0 amide bonds. The molecular weight excluding hydrogens is 441 g/mol. The molecular formula is C26H25F3N4O. The summed E-state index contributed by atoms with van der Waals surface area (Å²) < 4.78 is 39.7. The first-order valence-electron chi connectivity index (χ1n) is 11.4. The molecule has 6 rings (SSSR count). The first-order valence-corrected chi connectivity index (χ1v) is 11.4. The Bertz CT molecular complexity index is 1320. The molecule has 2 bridgehead atoms. The van der Waals surface area contributed by atoms with Gasteiger partial charge >= 0.3 is 6.18 Å². The number of fused-ring (bicyclic) bond motifs is 3. The van der Waals surface area contributed by atoms with E-state index >= 15 is 0 Å². The molecule has 2 unspecified atom stereocenters. The van der Waals surface area contributed by atoms with Crippen molar-refractivity contribution in [2.75, 3.05) is 6.54 Å². The largest absolute Gasteiger partial charge is 0.451 e. The Morgan fingerprint density at radius 2 is 1.79 bits per heavy atom. The number of alkyl halides is 3. The number of benzene rings is 1. The Morgan fingerprint density at radius 3 is 2.47 bits per heavy atom. The van der Waals surface area contributed by atoms with Gasteiger partial charge in [-0.3, -0.25) is 9.36 Å². The van der Waals surface area contributed by atoms with Gasteiger partial charge in [0.1, 0.15) is 0 Å². The molecule has 34 heavy (non-hydrogen) atoms. The van der Waals surface area contributed by atoms with Crippen molar-refractivity contribution in [3.8, 4) is 16.8 Å². The normalized spacial score (nSPS) is 20.5. The summed E-state index contributed by atoms with van der Waals surface area (Å²) in [6.07, 6.45) is 2.78. The highest BCUT2D eigenvalue weighted by Gasteiger charge is 2.34. The van der Waals surface area contributed by atoms with Gasteiger partial charge in [-0.25, -0.2) is 9.97 Å². The van der Waals surface area contributed by atoms with E-state index in [0.717, 1.165) is 36.6 Å². The van der Waals surface area contributed by atoms with Crippen LogP contribution in [0.15, 0.2) is 59.3 Å². The van der Waals surface area contributed by atoms with Crippen molar-refractivity contribution in [1.82, 2.24) is 19.9 Å². The van der Waals surface area contributed by atoms with Crippen LogP contribution >= 0.6 is 0 Å². The second-order valence-corrected chi connectivity index (χ2v) is 9.10. The minimum atomic E-state index is -4.60. The van der Waals surface area contributed by atoms with Gasteiger partial charge in [0.25, 0.3) is 5.56 Å². The fraction of sp³-hybridized carbons (Fsp3) is 0.346. The molecule has 0 saturated carbocycles. The molecule has 0 spiro atoms. The summed E-state index contributed by atoms with van der Waals surface area (Å²) in [6.45, 7) is 5.36. The van der Waals surface area contributed by atoms with E-state index in [1.807, 2.05) is 12.1 Å². The molecule has 1 aliphatic carbocycles. The first-order chi connectivity index (χ1) is 16.2. The van der Waals surface area contributed by atoms with Gasteiger partial charge in [-0.1, -0.05) is 18.1 Å². The predicted octanol–water partition coefficient (Wildman–Crippen LogP) is 5.17. The minimum Gasteiger partial charge on any atom is -0.309 e. The predicted molar refractivity (Wildman–Crippen MR) is 125 cm³/mol. The van der Waals surface area contributed by atoms with Crippen molar-refractivity contribution in [2.24, 2.45) is 5.92 Å². The summed E-state index contributed by atoms with van der Waals surface area (Å²) in [7, 11) is 0. The number of aromatic nitrogens is 3. The molecule has 176 valence electrons. The SMILES string of the molecule is CC1=C(c2ccc(-n3ccc(-c4cnc(C(F)(F)F)nc4)cc3=O)cc2C)C2CCCC1CN2. The summed E-state index contributed by atoms with van der Waals surface area (Å²) in [5.74, 6) is -0.625. The van der Waals surface area contributed by atoms with Gasteiger partial charge in [0.05, 0.1) is 0 Å². The van der Waals surface area contributed by atoms with E-state index in [1.54, 1.807) is 12.3 Å². The van der Waals surface area contributed by atoms with Crippen LogP contribution in [0.3, 0.4) is 0 Å². The highest BCUT2D eigenvalue weighted by molar-refractivity contribution is 5.76. The van der Waals surface area contributed by atoms with E-state index in [9.17, 15) is 18.0 Å². The highest BCUT2D eigenvalue weighted by atomic mass is 19.4. The second kappa shape index (κ2) is 8.51. The fourth-order valence-electron chi connectivity index (χ4n) is 5.16. The van der Waals surface area contributed by atoms with Crippen molar-refractivity contribution in [1.29, 1.82) is 0 Å². The molecule has 2 aromatic heterocycles. The van der Waals surface area contributed by atoms with Crippen LogP contribution in [0.4, 0.5) is 13.2 Å². The Balaban J connectivity index is 1.46.